The molecule has 1 N–H and O–H groups in total. The fourth-order valence-electron chi connectivity index (χ4n) is 0.859. The number of rotatable bonds is 9. The van der Waals surface area contributed by atoms with Gasteiger partial charge in [0.15, 0.2) is 0 Å². The predicted molar refractivity (Wildman–Crippen MR) is 52.3 cm³/mol. The molecule has 12 heavy (non-hydrogen) atoms. The second kappa shape index (κ2) is 10.9. The zero-order chi connectivity index (χ0) is 9.07. The van der Waals surface area contributed by atoms with Crippen LogP contribution < -0.4 is 5.32 Å². The van der Waals surface area contributed by atoms with Crippen LogP contribution in [0.1, 0.15) is 27.6 Å². The van der Waals surface area contributed by atoms with Crippen molar-refractivity contribution in [3.8, 4) is 0 Å². The summed E-state index contributed by atoms with van der Waals surface area (Å²) in [5.74, 6) is 0. The van der Waals surface area contributed by atoms with E-state index in [9.17, 15) is 0 Å². The number of ether oxygens (including phenoxy) is 2. The molecule has 0 heterocycles. The summed E-state index contributed by atoms with van der Waals surface area (Å²) in [6.45, 7) is 5.26. The minimum Gasteiger partial charge on any atom is -0.382 e. The lowest BCUT2D eigenvalue weighted by Gasteiger charge is -2.04. The van der Waals surface area contributed by atoms with Gasteiger partial charge in [-0.25, -0.2) is 0 Å². The van der Waals surface area contributed by atoms with Crippen LogP contribution in [0.15, 0.2) is 0 Å². The van der Waals surface area contributed by atoms with Gasteiger partial charge in [0.1, 0.15) is 0 Å². The van der Waals surface area contributed by atoms with E-state index in [0.717, 1.165) is 6.54 Å². The maximum absolute atomic E-state index is 5.22. The molecule has 0 spiro atoms. The van der Waals surface area contributed by atoms with Crippen LogP contribution in [0.3, 0.4) is 0 Å². The molecule has 0 rings (SSSR count). The molecule has 0 aliphatic heterocycles. The van der Waals surface area contributed by atoms with Crippen LogP contribution in [0.4, 0.5) is 0 Å². The Balaban J connectivity index is 0. The first-order valence-electron chi connectivity index (χ1n) is 4.69. The molecule has 0 aromatic carbocycles. The third-order valence-electron chi connectivity index (χ3n) is 1.59. The summed E-state index contributed by atoms with van der Waals surface area (Å²) < 4.78 is 10.1. The van der Waals surface area contributed by atoms with Crippen LogP contribution in [0.5, 0.6) is 0 Å². The summed E-state index contributed by atoms with van der Waals surface area (Å²) in [7, 11) is 1.68. The zero-order valence-electron chi connectivity index (χ0n) is 8.27. The highest BCUT2D eigenvalue weighted by molar-refractivity contribution is 4.41. The van der Waals surface area contributed by atoms with E-state index in [-0.39, 0.29) is 1.43 Å². The van der Waals surface area contributed by atoms with E-state index < -0.39 is 0 Å². The first kappa shape index (κ1) is 11.9. The van der Waals surface area contributed by atoms with Crippen molar-refractivity contribution in [3.05, 3.63) is 0 Å². The lowest BCUT2D eigenvalue weighted by Crippen LogP contribution is -2.20. The Morgan fingerprint density at radius 3 is 2.75 bits per heavy atom. The average molecular weight is 177 g/mol. The van der Waals surface area contributed by atoms with E-state index in [2.05, 4.69) is 12.2 Å². The highest BCUT2D eigenvalue weighted by atomic mass is 16.5. The van der Waals surface area contributed by atoms with Gasteiger partial charge in [-0.1, -0.05) is 19.8 Å². The SMILES string of the molecule is CCCCCNCOCCOC.[HH]. The molecule has 0 amide bonds. The lowest BCUT2D eigenvalue weighted by molar-refractivity contribution is 0.0609. The Kier molecular flexibility index (Phi) is 10.8. The van der Waals surface area contributed by atoms with Gasteiger partial charge in [0, 0.05) is 8.54 Å². The smallest absolute Gasteiger partial charge is 0.0966 e. The molecule has 0 unspecified atom stereocenters. The van der Waals surface area contributed by atoms with Gasteiger partial charge in [-0.15, -0.1) is 0 Å². The molecule has 0 radical (unpaired) electrons. The summed E-state index contributed by atoms with van der Waals surface area (Å²) in [6.07, 6.45) is 3.81. The van der Waals surface area contributed by atoms with Crippen molar-refractivity contribution < 1.29 is 10.9 Å². The number of hydrogen-bond acceptors (Lipinski definition) is 3. The molecule has 0 saturated carbocycles. The van der Waals surface area contributed by atoms with Crippen LogP contribution in [0, 0.1) is 0 Å². The highest BCUT2D eigenvalue weighted by Crippen LogP contribution is 1.90. The van der Waals surface area contributed by atoms with Gasteiger partial charge in [0.05, 0.1) is 19.9 Å². The Hall–Kier alpha value is -0.120. The average Bonchev–Trinajstić information content (AvgIpc) is 2.10. The van der Waals surface area contributed by atoms with Crippen LogP contribution in [-0.2, 0) is 9.47 Å². The van der Waals surface area contributed by atoms with E-state index in [1.54, 1.807) is 7.11 Å². The van der Waals surface area contributed by atoms with Crippen LogP contribution in [0.25, 0.3) is 0 Å². The van der Waals surface area contributed by atoms with Crippen molar-refractivity contribution in [2.24, 2.45) is 0 Å². The summed E-state index contributed by atoms with van der Waals surface area (Å²) in [4.78, 5) is 0. The molecular formula is C9H23NO2. The molecule has 3 heteroatoms. The van der Waals surface area contributed by atoms with Gasteiger partial charge < -0.3 is 9.47 Å². The Morgan fingerprint density at radius 1 is 1.25 bits per heavy atom. The molecule has 76 valence electrons. The van der Waals surface area contributed by atoms with Gasteiger partial charge in [-0.05, 0) is 13.0 Å². The second-order valence-corrected chi connectivity index (χ2v) is 2.75. The van der Waals surface area contributed by atoms with Crippen molar-refractivity contribution in [1.82, 2.24) is 5.32 Å². The van der Waals surface area contributed by atoms with Crippen LogP contribution in [0.2, 0.25) is 0 Å². The molecule has 0 fully saturated rings. The first-order chi connectivity index (χ1) is 5.91. The molecule has 0 bridgehead atoms. The molecule has 0 aliphatic rings. The van der Waals surface area contributed by atoms with Crippen molar-refractivity contribution >= 4 is 0 Å². The minimum atomic E-state index is 0. The van der Waals surface area contributed by atoms with E-state index >= 15 is 0 Å². The maximum Gasteiger partial charge on any atom is 0.0966 e. The zero-order valence-corrected chi connectivity index (χ0v) is 8.27. The van der Waals surface area contributed by atoms with Gasteiger partial charge in [0.25, 0.3) is 0 Å². The third-order valence-corrected chi connectivity index (χ3v) is 1.59. The van der Waals surface area contributed by atoms with E-state index in [1.807, 2.05) is 0 Å². The Morgan fingerprint density at radius 2 is 2.08 bits per heavy atom. The normalized spacial score (nSPS) is 10.5. The van der Waals surface area contributed by atoms with Gasteiger partial charge in [-0.2, -0.15) is 0 Å². The quantitative estimate of drug-likeness (QED) is 0.429. The topological polar surface area (TPSA) is 30.5 Å². The van der Waals surface area contributed by atoms with Crippen LogP contribution >= 0.6 is 0 Å². The van der Waals surface area contributed by atoms with Gasteiger partial charge in [0.2, 0.25) is 0 Å². The third kappa shape index (κ3) is 9.88. The fourth-order valence-corrected chi connectivity index (χ4v) is 0.859. The molecule has 3 nitrogen and oxygen atoms in total. The lowest BCUT2D eigenvalue weighted by atomic mass is 10.2. The largest absolute Gasteiger partial charge is 0.382 e. The molecule has 0 aromatic heterocycles. The number of hydrogen-bond donors (Lipinski definition) is 1. The first-order valence-corrected chi connectivity index (χ1v) is 4.69. The molecule has 0 saturated heterocycles. The maximum atomic E-state index is 5.22. The van der Waals surface area contributed by atoms with Gasteiger partial charge in [-0.3, -0.25) is 5.32 Å². The second-order valence-electron chi connectivity index (χ2n) is 2.75. The van der Waals surface area contributed by atoms with E-state index in [1.165, 1.54) is 19.3 Å². The summed E-state index contributed by atoms with van der Waals surface area (Å²) in [5.41, 5.74) is 0. The van der Waals surface area contributed by atoms with Crippen molar-refractivity contribution in [1.29, 1.82) is 0 Å². The minimum absolute atomic E-state index is 0. The van der Waals surface area contributed by atoms with Crippen molar-refractivity contribution in [2.45, 2.75) is 26.2 Å². The van der Waals surface area contributed by atoms with Gasteiger partial charge >= 0.3 is 0 Å². The van der Waals surface area contributed by atoms with Crippen LogP contribution in [-0.4, -0.2) is 33.6 Å². The number of methoxy groups -OCH3 is 1. The Labute approximate surface area is 76.9 Å². The summed E-state index contributed by atoms with van der Waals surface area (Å²) >= 11 is 0. The molecule has 0 atom stereocenters. The summed E-state index contributed by atoms with van der Waals surface area (Å²) in [6, 6.07) is 0. The number of nitrogens with one attached hydrogen (secondary N) is 1. The standard InChI is InChI=1S/C9H21NO2.H2/c1-3-4-5-6-10-9-12-8-7-11-2;/h10H,3-9H2,1-2H3;1H. The van der Waals surface area contributed by atoms with E-state index in [4.69, 9.17) is 9.47 Å². The fraction of sp³-hybridized carbons (Fsp3) is 1.00. The Bertz CT molecular complexity index is 74.0. The molecule has 0 aromatic rings. The van der Waals surface area contributed by atoms with Crippen molar-refractivity contribution in [2.75, 3.05) is 33.6 Å². The van der Waals surface area contributed by atoms with E-state index in [0.29, 0.717) is 19.9 Å². The number of unbranched alkanes of at least 4 members (excludes halogenated alkanes) is 2. The molecule has 0 aliphatic carbocycles. The van der Waals surface area contributed by atoms with Crippen molar-refractivity contribution in [3.63, 3.8) is 0 Å². The monoisotopic (exact) mass is 177 g/mol. The molecular weight excluding hydrogens is 154 g/mol. The summed E-state index contributed by atoms with van der Waals surface area (Å²) in [5, 5.41) is 3.20. The highest BCUT2D eigenvalue weighted by Gasteiger charge is 1.87. The predicted octanol–water partition coefficient (Wildman–Crippen LogP) is 1.63.